The zero-order valence-electron chi connectivity index (χ0n) is 7.10. The van der Waals surface area contributed by atoms with Crippen LogP contribution < -0.4 is 5.32 Å². The van der Waals surface area contributed by atoms with Gasteiger partial charge in [0.15, 0.2) is 0 Å². The van der Waals surface area contributed by atoms with Crippen LogP contribution in [0.3, 0.4) is 0 Å². The molecule has 1 N–H and O–H groups in total. The molecule has 4 heteroatoms. The molecule has 0 saturated heterocycles. The number of amides is 1. The van der Waals surface area contributed by atoms with E-state index in [1.807, 2.05) is 12.1 Å². The fourth-order valence-electron chi connectivity index (χ4n) is 0.937. The van der Waals surface area contributed by atoms with E-state index in [9.17, 15) is 4.79 Å². The van der Waals surface area contributed by atoms with Crippen LogP contribution in [0.4, 0.5) is 5.69 Å². The highest BCUT2D eigenvalue weighted by molar-refractivity contribution is 9.08. The number of halogens is 2. The largest absolute Gasteiger partial charge is 0.326 e. The van der Waals surface area contributed by atoms with Crippen LogP contribution in [0.5, 0.6) is 0 Å². The molecular formula is C9H9BrClNO. The zero-order chi connectivity index (χ0) is 9.84. The van der Waals surface area contributed by atoms with Crippen molar-refractivity contribution in [3.63, 3.8) is 0 Å². The van der Waals surface area contributed by atoms with E-state index in [0.29, 0.717) is 10.4 Å². The van der Waals surface area contributed by atoms with Crippen molar-refractivity contribution in [1.82, 2.24) is 0 Å². The van der Waals surface area contributed by atoms with Gasteiger partial charge in [-0.3, -0.25) is 4.79 Å². The summed E-state index contributed by atoms with van der Waals surface area (Å²) < 4.78 is 0. The fraction of sp³-hybridized carbons (Fsp3) is 0.222. The zero-order valence-corrected chi connectivity index (χ0v) is 9.45. The summed E-state index contributed by atoms with van der Waals surface area (Å²) >= 11 is 9.24. The molecule has 0 fully saturated rings. The number of hydrogen-bond donors (Lipinski definition) is 1. The second-order valence-corrected chi connectivity index (χ2v) is 3.59. The maximum Gasteiger partial charge on any atom is 0.221 e. The summed E-state index contributed by atoms with van der Waals surface area (Å²) in [6, 6.07) is 5.44. The van der Waals surface area contributed by atoms with Crippen molar-refractivity contribution in [2.24, 2.45) is 0 Å². The van der Waals surface area contributed by atoms with E-state index in [-0.39, 0.29) is 5.91 Å². The molecule has 1 rings (SSSR count). The van der Waals surface area contributed by atoms with Crippen LogP contribution in [0.1, 0.15) is 12.5 Å². The van der Waals surface area contributed by atoms with Gasteiger partial charge >= 0.3 is 0 Å². The number of anilines is 1. The van der Waals surface area contributed by atoms with Crippen LogP contribution in [0.25, 0.3) is 0 Å². The van der Waals surface area contributed by atoms with Gasteiger partial charge < -0.3 is 5.32 Å². The van der Waals surface area contributed by atoms with Gasteiger partial charge in [0.25, 0.3) is 0 Å². The summed E-state index contributed by atoms with van der Waals surface area (Å²) in [5.41, 5.74) is 1.73. The molecule has 0 heterocycles. The Kier molecular flexibility index (Phi) is 3.75. The fourth-order valence-corrected chi connectivity index (χ4v) is 1.83. The minimum Gasteiger partial charge on any atom is -0.326 e. The van der Waals surface area contributed by atoms with Crippen molar-refractivity contribution in [3.8, 4) is 0 Å². The lowest BCUT2D eigenvalue weighted by Crippen LogP contribution is -2.05. The molecule has 0 bridgehead atoms. The number of benzene rings is 1. The lowest BCUT2D eigenvalue weighted by molar-refractivity contribution is -0.114. The molecule has 0 aliphatic heterocycles. The van der Waals surface area contributed by atoms with E-state index in [0.717, 1.165) is 11.3 Å². The Morgan fingerprint density at radius 2 is 2.31 bits per heavy atom. The Labute approximate surface area is 90.4 Å². The minimum absolute atomic E-state index is 0.0948. The lowest BCUT2D eigenvalue weighted by atomic mass is 10.2. The van der Waals surface area contributed by atoms with Crippen molar-refractivity contribution in [3.05, 3.63) is 28.8 Å². The molecule has 2 nitrogen and oxygen atoms in total. The number of hydrogen-bond acceptors (Lipinski definition) is 1. The number of carbonyl (C=O) groups is 1. The quantitative estimate of drug-likeness (QED) is 0.815. The topological polar surface area (TPSA) is 29.1 Å². The van der Waals surface area contributed by atoms with E-state index in [2.05, 4.69) is 21.2 Å². The number of alkyl halides is 1. The highest BCUT2D eigenvalue weighted by atomic mass is 79.9. The number of rotatable bonds is 2. The van der Waals surface area contributed by atoms with Crippen LogP contribution >= 0.6 is 27.5 Å². The van der Waals surface area contributed by atoms with E-state index in [1.54, 1.807) is 6.07 Å². The molecule has 0 radical (unpaired) electrons. The molecule has 13 heavy (non-hydrogen) atoms. The van der Waals surface area contributed by atoms with Gasteiger partial charge in [0.05, 0.1) is 0 Å². The summed E-state index contributed by atoms with van der Waals surface area (Å²) in [7, 11) is 0. The molecule has 0 unspecified atom stereocenters. The van der Waals surface area contributed by atoms with Crippen LogP contribution in [-0.4, -0.2) is 5.91 Å². The van der Waals surface area contributed by atoms with Gasteiger partial charge in [-0.1, -0.05) is 33.6 Å². The monoisotopic (exact) mass is 261 g/mol. The van der Waals surface area contributed by atoms with Crippen molar-refractivity contribution < 1.29 is 4.79 Å². The summed E-state index contributed by atoms with van der Waals surface area (Å²) in [4.78, 5) is 10.7. The van der Waals surface area contributed by atoms with Gasteiger partial charge in [-0.2, -0.15) is 0 Å². The first-order chi connectivity index (χ1) is 6.13. The highest BCUT2D eigenvalue weighted by Crippen LogP contribution is 2.22. The molecule has 1 aromatic rings. The summed E-state index contributed by atoms with van der Waals surface area (Å²) in [5.74, 6) is -0.0948. The average Bonchev–Trinajstić information content (AvgIpc) is 2.03. The van der Waals surface area contributed by atoms with E-state index in [4.69, 9.17) is 11.6 Å². The second kappa shape index (κ2) is 4.63. The maximum absolute atomic E-state index is 10.7. The first-order valence-corrected chi connectivity index (χ1v) is 5.25. The SMILES string of the molecule is CC(=O)Nc1ccc(CBr)c(Cl)c1. The molecule has 0 spiro atoms. The van der Waals surface area contributed by atoms with Crippen molar-refractivity contribution in [1.29, 1.82) is 0 Å². The molecule has 0 aliphatic rings. The van der Waals surface area contributed by atoms with Crippen molar-refractivity contribution >= 4 is 39.1 Å². The van der Waals surface area contributed by atoms with Gasteiger partial charge in [-0.15, -0.1) is 0 Å². The average molecular weight is 263 g/mol. The van der Waals surface area contributed by atoms with E-state index < -0.39 is 0 Å². The van der Waals surface area contributed by atoms with Crippen LogP contribution in [0.15, 0.2) is 18.2 Å². The molecule has 0 atom stereocenters. The molecular weight excluding hydrogens is 253 g/mol. The molecule has 1 aromatic carbocycles. The first kappa shape index (κ1) is 10.5. The van der Waals surface area contributed by atoms with Gasteiger partial charge in [0.2, 0.25) is 5.91 Å². The predicted octanol–water partition coefficient (Wildman–Crippen LogP) is 3.19. The molecule has 70 valence electrons. The van der Waals surface area contributed by atoms with Crippen LogP contribution in [-0.2, 0) is 10.1 Å². The smallest absolute Gasteiger partial charge is 0.221 e. The molecule has 0 aliphatic carbocycles. The van der Waals surface area contributed by atoms with Crippen molar-refractivity contribution in [2.75, 3.05) is 5.32 Å². The summed E-state index contributed by atoms with van der Waals surface area (Å²) in [6.45, 7) is 1.46. The molecule has 1 amide bonds. The number of carbonyl (C=O) groups excluding carboxylic acids is 1. The highest BCUT2D eigenvalue weighted by Gasteiger charge is 2.01. The third-order valence-electron chi connectivity index (χ3n) is 1.52. The summed E-state index contributed by atoms with van der Waals surface area (Å²) in [5, 5.41) is 4.03. The van der Waals surface area contributed by atoms with Crippen LogP contribution in [0.2, 0.25) is 5.02 Å². The summed E-state index contributed by atoms with van der Waals surface area (Å²) in [6.07, 6.45) is 0. The Hall–Kier alpha value is -0.540. The van der Waals surface area contributed by atoms with Crippen LogP contribution in [0, 0.1) is 0 Å². The Balaban J connectivity index is 2.89. The lowest BCUT2D eigenvalue weighted by Gasteiger charge is -2.04. The maximum atomic E-state index is 10.7. The third kappa shape index (κ3) is 3.01. The second-order valence-electron chi connectivity index (χ2n) is 2.62. The molecule has 0 aromatic heterocycles. The van der Waals surface area contributed by atoms with Gasteiger partial charge in [0, 0.05) is 23.0 Å². The first-order valence-electron chi connectivity index (χ1n) is 3.75. The van der Waals surface area contributed by atoms with Gasteiger partial charge in [-0.25, -0.2) is 0 Å². The van der Waals surface area contributed by atoms with Crippen molar-refractivity contribution in [2.45, 2.75) is 12.3 Å². The Morgan fingerprint density at radius 3 is 2.77 bits per heavy atom. The Bertz CT molecular complexity index is 327. The number of nitrogens with one attached hydrogen (secondary N) is 1. The van der Waals surface area contributed by atoms with Gasteiger partial charge in [-0.05, 0) is 17.7 Å². The predicted molar refractivity (Wildman–Crippen MR) is 58.4 cm³/mol. The Morgan fingerprint density at radius 1 is 1.62 bits per heavy atom. The molecule has 0 saturated carbocycles. The van der Waals surface area contributed by atoms with E-state index in [1.165, 1.54) is 6.92 Å². The van der Waals surface area contributed by atoms with Gasteiger partial charge in [0.1, 0.15) is 0 Å². The van der Waals surface area contributed by atoms with E-state index >= 15 is 0 Å². The third-order valence-corrected chi connectivity index (χ3v) is 2.47. The minimum atomic E-state index is -0.0948. The normalized spacial score (nSPS) is 9.77. The standard InChI is InChI=1S/C9H9BrClNO/c1-6(13)12-8-3-2-7(5-10)9(11)4-8/h2-4H,5H2,1H3,(H,12,13).